The minimum absolute atomic E-state index is 0.00317. The van der Waals surface area contributed by atoms with Crippen LogP contribution in [0.5, 0.6) is 0 Å². The predicted octanol–water partition coefficient (Wildman–Crippen LogP) is 0.263. The van der Waals surface area contributed by atoms with Gasteiger partial charge in [-0.3, -0.25) is 9.48 Å². The van der Waals surface area contributed by atoms with E-state index in [1.807, 2.05) is 0 Å². The van der Waals surface area contributed by atoms with Crippen molar-refractivity contribution >= 4 is 21.6 Å². The number of primary sulfonamides is 1. The van der Waals surface area contributed by atoms with E-state index in [9.17, 15) is 13.2 Å². The Labute approximate surface area is 122 Å². The topological polar surface area (TPSA) is 120 Å². The second kappa shape index (κ2) is 6.02. The molecular weight excluding hydrogens is 294 g/mol. The summed E-state index contributed by atoms with van der Waals surface area (Å²) in [5, 5.41) is 15.1. The van der Waals surface area contributed by atoms with Crippen LogP contribution in [0.4, 0.5) is 5.69 Å². The highest BCUT2D eigenvalue weighted by molar-refractivity contribution is 7.89. The molecule has 0 atom stereocenters. The number of nitrogens with zero attached hydrogens (tertiary/aromatic N) is 3. The number of hydrogen-bond acceptors (Lipinski definition) is 5. The van der Waals surface area contributed by atoms with E-state index >= 15 is 0 Å². The highest BCUT2D eigenvalue weighted by atomic mass is 32.2. The number of amides is 1. The summed E-state index contributed by atoms with van der Waals surface area (Å²) in [6.07, 6.45) is 3.37. The Morgan fingerprint density at radius 3 is 2.81 bits per heavy atom. The van der Waals surface area contributed by atoms with Crippen LogP contribution in [0.1, 0.15) is 12.0 Å². The molecule has 2 rings (SSSR count). The fraction of sp³-hybridized carbons (Fsp3) is 0.250. The molecular formula is C12H15N5O3S. The van der Waals surface area contributed by atoms with Crippen LogP contribution >= 0.6 is 0 Å². The second-order valence-corrected chi connectivity index (χ2v) is 6.02. The van der Waals surface area contributed by atoms with Crippen molar-refractivity contribution in [2.45, 2.75) is 24.8 Å². The van der Waals surface area contributed by atoms with Gasteiger partial charge in [0.25, 0.3) is 0 Å². The molecule has 0 bridgehead atoms. The van der Waals surface area contributed by atoms with Crippen molar-refractivity contribution < 1.29 is 13.2 Å². The standard InChI is InChI=1S/C12H15N5O3S/c1-9-2-3-10(8-11(9)21(13,19)20)15-12(18)4-6-17-7-5-14-16-17/h2-3,5,7-8H,4,6H2,1H3,(H,15,18)(H2,13,19,20). The van der Waals surface area contributed by atoms with Crippen molar-refractivity contribution in [3.05, 3.63) is 36.2 Å². The third-order valence-corrected chi connectivity index (χ3v) is 3.87. The van der Waals surface area contributed by atoms with E-state index in [4.69, 9.17) is 5.14 Å². The van der Waals surface area contributed by atoms with E-state index in [2.05, 4.69) is 15.6 Å². The molecule has 0 fully saturated rings. The fourth-order valence-corrected chi connectivity index (χ4v) is 2.58. The van der Waals surface area contributed by atoms with E-state index in [1.54, 1.807) is 25.3 Å². The van der Waals surface area contributed by atoms with E-state index in [0.29, 0.717) is 17.8 Å². The van der Waals surface area contributed by atoms with E-state index in [-0.39, 0.29) is 17.2 Å². The minimum Gasteiger partial charge on any atom is -0.326 e. The van der Waals surface area contributed by atoms with Gasteiger partial charge in [0.05, 0.1) is 17.6 Å². The summed E-state index contributed by atoms with van der Waals surface area (Å²) < 4.78 is 24.4. The van der Waals surface area contributed by atoms with Gasteiger partial charge in [-0.05, 0) is 24.6 Å². The zero-order valence-corrected chi connectivity index (χ0v) is 12.2. The molecule has 21 heavy (non-hydrogen) atoms. The number of sulfonamides is 1. The SMILES string of the molecule is Cc1ccc(NC(=O)CCn2ccnn2)cc1S(N)(=O)=O. The lowest BCUT2D eigenvalue weighted by molar-refractivity contribution is -0.116. The molecule has 2 aromatic rings. The molecule has 3 N–H and O–H groups in total. The lowest BCUT2D eigenvalue weighted by Gasteiger charge is -2.09. The van der Waals surface area contributed by atoms with Crippen molar-refractivity contribution in [3.63, 3.8) is 0 Å². The summed E-state index contributed by atoms with van der Waals surface area (Å²) in [5.41, 5.74) is 0.909. The summed E-state index contributed by atoms with van der Waals surface area (Å²) in [4.78, 5) is 11.8. The Hall–Kier alpha value is -2.26. The fourth-order valence-electron chi connectivity index (χ4n) is 1.78. The molecule has 0 radical (unpaired) electrons. The smallest absolute Gasteiger partial charge is 0.238 e. The normalized spacial score (nSPS) is 11.3. The Morgan fingerprint density at radius 2 is 2.19 bits per heavy atom. The number of hydrogen-bond donors (Lipinski definition) is 2. The molecule has 1 aromatic heterocycles. The molecule has 1 aromatic carbocycles. The van der Waals surface area contributed by atoms with Crippen molar-refractivity contribution in [1.82, 2.24) is 15.0 Å². The number of aryl methyl sites for hydroxylation is 2. The number of benzene rings is 1. The van der Waals surface area contributed by atoms with Crippen molar-refractivity contribution in [2.24, 2.45) is 5.14 Å². The maximum atomic E-state index is 11.8. The lowest BCUT2D eigenvalue weighted by atomic mass is 10.2. The Bertz CT molecular complexity index is 740. The molecule has 0 unspecified atom stereocenters. The van der Waals surface area contributed by atoms with Gasteiger partial charge >= 0.3 is 0 Å². The van der Waals surface area contributed by atoms with Gasteiger partial charge in [0.15, 0.2) is 0 Å². The van der Waals surface area contributed by atoms with Gasteiger partial charge in [0, 0.05) is 18.3 Å². The summed E-state index contributed by atoms with van der Waals surface area (Å²) in [7, 11) is -3.81. The first-order valence-corrected chi connectivity index (χ1v) is 7.68. The van der Waals surface area contributed by atoms with Crippen LogP contribution in [0.2, 0.25) is 0 Å². The summed E-state index contributed by atoms with van der Waals surface area (Å²) in [6, 6.07) is 4.56. The molecule has 112 valence electrons. The predicted molar refractivity (Wildman–Crippen MR) is 75.8 cm³/mol. The zero-order chi connectivity index (χ0) is 15.5. The summed E-state index contributed by atoms with van der Waals surface area (Å²) >= 11 is 0. The Kier molecular flexibility index (Phi) is 4.34. The third kappa shape index (κ3) is 4.10. The van der Waals surface area contributed by atoms with E-state index < -0.39 is 10.0 Å². The molecule has 0 aliphatic rings. The number of carbonyl (C=O) groups excluding carboxylic acids is 1. The number of anilines is 1. The van der Waals surface area contributed by atoms with Crippen molar-refractivity contribution in [2.75, 3.05) is 5.32 Å². The number of nitrogens with two attached hydrogens (primary N) is 1. The molecule has 9 heteroatoms. The minimum atomic E-state index is -3.81. The molecule has 0 spiro atoms. The highest BCUT2D eigenvalue weighted by Gasteiger charge is 2.13. The van der Waals surface area contributed by atoms with Gasteiger partial charge in [-0.25, -0.2) is 13.6 Å². The van der Waals surface area contributed by atoms with Crippen molar-refractivity contribution in [3.8, 4) is 0 Å². The average molecular weight is 309 g/mol. The maximum absolute atomic E-state index is 11.8. The second-order valence-electron chi connectivity index (χ2n) is 4.49. The number of aromatic nitrogens is 3. The quantitative estimate of drug-likeness (QED) is 0.821. The maximum Gasteiger partial charge on any atom is 0.238 e. The first-order valence-electron chi connectivity index (χ1n) is 6.13. The first-order chi connectivity index (χ1) is 9.86. The van der Waals surface area contributed by atoms with Crippen LogP contribution in [0.25, 0.3) is 0 Å². The molecule has 0 aliphatic carbocycles. The third-order valence-electron chi connectivity index (χ3n) is 2.82. The van der Waals surface area contributed by atoms with Crippen LogP contribution in [0, 0.1) is 6.92 Å². The van der Waals surface area contributed by atoms with Gasteiger partial charge in [-0.15, -0.1) is 5.10 Å². The van der Waals surface area contributed by atoms with Crippen LogP contribution in [-0.4, -0.2) is 29.3 Å². The van der Waals surface area contributed by atoms with Gasteiger partial charge in [-0.1, -0.05) is 11.3 Å². The van der Waals surface area contributed by atoms with Gasteiger partial charge < -0.3 is 5.32 Å². The van der Waals surface area contributed by atoms with Crippen LogP contribution < -0.4 is 10.5 Å². The first kappa shape index (κ1) is 15.1. The van der Waals surface area contributed by atoms with Crippen LogP contribution in [0.15, 0.2) is 35.5 Å². The molecule has 0 saturated heterocycles. The van der Waals surface area contributed by atoms with E-state index in [1.165, 1.54) is 16.9 Å². The van der Waals surface area contributed by atoms with E-state index in [0.717, 1.165) is 0 Å². The number of nitrogens with one attached hydrogen (secondary N) is 1. The van der Waals surface area contributed by atoms with Crippen molar-refractivity contribution in [1.29, 1.82) is 0 Å². The van der Waals surface area contributed by atoms with Crippen LogP contribution in [-0.2, 0) is 21.4 Å². The Balaban J connectivity index is 2.04. The number of carbonyl (C=O) groups is 1. The Morgan fingerprint density at radius 1 is 1.43 bits per heavy atom. The van der Waals surface area contributed by atoms with Crippen LogP contribution in [0.3, 0.4) is 0 Å². The zero-order valence-electron chi connectivity index (χ0n) is 11.4. The van der Waals surface area contributed by atoms with Gasteiger partial charge in [-0.2, -0.15) is 0 Å². The lowest BCUT2D eigenvalue weighted by Crippen LogP contribution is -2.17. The molecule has 0 aliphatic heterocycles. The molecule has 1 amide bonds. The van der Waals surface area contributed by atoms with Gasteiger partial charge in [0.1, 0.15) is 0 Å². The largest absolute Gasteiger partial charge is 0.326 e. The molecule has 8 nitrogen and oxygen atoms in total. The molecule has 0 saturated carbocycles. The highest BCUT2D eigenvalue weighted by Crippen LogP contribution is 2.19. The van der Waals surface area contributed by atoms with Gasteiger partial charge in [0.2, 0.25) is 15.9 Å². The summed E-state index contributed by atoms with van der Waals surface area (Å²) in [6.45, 7) is 2.02. The number of rotatable bonds is 5. The molecule has 1 heterocycles. The summed E-state index contributed by atoms with van der Waals surface area (Å²) in [5.74, 6) is -0.255. The monoisotopic (exact) mass is 309 g/mol. The average Bonchev–Trinajstić information content (AvgIpc) is 2.90.